The van der Waals surface area contributed by atoms with Crippen molar-refractivity contribution in [1.82, 2.24) is 9.78 Å². The fourth-order valence-corrected chi connectivity index (χ4v) is 2.10. The van der Waals surface area contributed by atoms with Gasteiger partial charge in [0.1, 0.15) is 0 Å². The highest BCUT2D eigenvalue weighted by molar-refractivity contribution is 6.35. The first-order valence-electron chi connectivity index (χ1n) is 5.26. The molecule has 0 saturated carbocycles. The average Bonchev–Trinajstić information content (AvgIpc) is 2.30. The van der Waals surface area contributed by atoms with Crippen molar-refractivity contribution in [1.29, 1.82) is 0 Å². The molecular formula is C12H9Cl2N3O2. The molecule has 0 radical (unpaired) electrons. The van der Waals surface area contributed by atoms with E-state index in [1.54, 1.807) is 19.1 Å². The van der Waals surface area contributed by atoms with Crippen molar-refractivity contribution in [2.45, 2.75) is 6.92 Å². The topological polar surface area (TPSA) is 78.0 Å². The number of carbonyl (C=O) groups is 1. The lowest BCUT2D eigenvalue weighted by atomic mass is 10.2. The summed E-state index contributed by atoms with van der Waals surface area (Å²) in [6, 6.07) is 5.87. The summed E-state index contributed by atoms with van der Waals surface area (Å²) >= 11 is 11.8. The van der Waals surface area contributed by atoms with E-state index in [9.17, 15) is 9.59 Å². The Labute approximate surface area is 118 Å². The Kier molecular flexibility index (Phi) is 3.59. The molecule has 0 unspecified atom stereocenters. The Morgan fingerprint density at radius 1 is 1.32 bits per heavy atom. The molecule has 1 amide bonds. The van der Waals surface area contributed by atoms with E-state index in [1.165, 1.54) is 12.1 Å². The summed E-state index contributed by atoms with van der Waals surface area (Å²) in [6.07, 6.45) is 0. The first-order valence-corrected chi connectivity index (χ1v) is 6.02. The maximum atomic E-state index is 11.9. The van der Waals surface area contributed by atoms with Gasteiger partial charge in [0.15, 0.2) is 5.69 Å². The maximum absolute atomic E-state index is 11.9. The van der Waals surface area contributed by atoms with Gasteiger partial charge in [-0.1, -0.05) is 23.2 Å². The monoisotopic (exact) mass is 297 g/mol. The Hall–Kier alpha value is -1.85. The summed E-state index contributed by atoms with van der Waals surface area (Å²) in [5.74, 6) is -0.712. The van der Waals surface area contributed by atoms with Crippen LogP contribution in [0.3, 0.4) is 0 Å². The van der Waals surface area contributed by atoms with Crippen LogP contribution < -0.4 is 11.3 Å². The number of amides is 1. The number of benzene rings is 1. The fourth-order valence-electron chi connectivity index (χ4n) is 1.61. The third-order valence-electron chi connectivity index (χ3n) is 2.49. The number of aromatic nitrogens is 2. The Bertz CT molecular complexity index is 725. The lowest BCUT2D eigenvalue weighted by Gasteiger charge is -2.09. The molecule has 0 aliphatic rings. The van der Waals surface area contributed by atoms with Crippen LogP contribution in [-0.2, 0) is 0 Å². The highest BCUT2D eigenvalue weighted by atomic mass is 35.5. The van der Waals surface area contributed by atoms with E-state index >= 15 is 0 Å². The van der Waals surface area contributed by atoms with Crippen LogP contribution >= 0.6 is 23.2 Å². The standard InChI is InChI=1S/C12H9Cl2N3O2/c1-6-4-10(18)17(16-11(6)12(15)19)9-3-2-7(13)5-8(9)14/h2-5H,1H3,(H2,15,19). The van der Waals surface area contributed by atoms with Crippen LogP contribution in [0.1, 0.15) is 16.1 Å². The molecule has 0 bridgehead atoms. The molecule has 2 rings (SSSR count). The van der Waals surface area contributed by atoms with Gasteiger partial charge in [0.2, 0.25) is 0 Å². The van der Waals surface area contributed by atoms with Crippen LogP contribution in [0.5, 0.6) is 0 Å². The van der Waals surface area contributed by atoms with Gasteiger partial charge < -0.3 is 5.73 Å². The smallest absolute Gasteiger partial charge is 0.271 e. The van der Waals surface area contributed by atoms with Gasteiger partial charge in [0.25, 0.3) is 11.5 Å². The molecule has 98 valence electrons. The fraction of sp³-hybridized carbons (Fsp3) is 0.0833. The molecule has 0 aliphatic heterocycles. The first-order chi connectivity index (χ1) is 8.90. The highest BCUT2D eigenvalue weighted by Gasteiger charge is 2.13. The average molecular weight is 298 g/mol. The molecule has 5 nitrogen and oxygen atoms in total. The van der Waals surface area contributed by atoms with Crippen LogP contribution in [0.15, 0.2) is 29.1 Å². The quantitative estimate of drug-likeness (QED) is 0.920. The Morgan fingerprint density at radius 3 is 2.58 bits per heavy atom. The van der Waals surface area contributed by atoms with Crippen molar-refractivity contribution in [3.8, 4) is 5.69 Å². The van der Waals surface area contributed by atoms with Crippen molar-refractivity contribution >= 4 is 29.1 Å². The second-order valence-corrected chi connectivity index (χ2v) is 4.73. The zero-order valence-corrected chi connectivity index (χ0v) is 11.4. The number of nitrogens with two attached hydrogens (primary N) is 1. The van der Waals surface area contributed by atoms with Crippen molar-refractivity contribution in [3.63, 3.8) is 0 Å². The predicted octanol–water partition coefficient (Wildman–Crippen LogP) is 1.95. The number of halogens is 2. The summed E-state index contributed by atoms with van der Waals surface area (Å²) in [7, 11) is 0. The van der Waals surface area contributed by atoms with E-state index in [-0.39, 0.29) is 10.7 Å². The lowest BCUT2D eigenvalue weighted by Crippen LogP contribution is -2.27. The molecular weight excluding hydrogens is 289 g/mol. The van der Waals surface area contributed by atoms with E-state index in [4.69, 9.17) is 28.9 Å². The Balaban J connectivity index is 2.72. The van der Waals surface area contributed by atoms with Crippen molar-refractivity contribution in [3.05, 3.63) is 55.9 Å². The number of nitrogens with zero attached hydrogens (tertiary/aromatic N) is 2. The minimum absolute atomic E-state index is 0.0191. The molecule has 0 fully saturated rings. The second-order valence-electron chi connectivity index (χ2n) is 3.89. The number of carbonyl (C=O) groups excluding carboxylic acids is 1. The van der Waals surface area contributed by atoms with Gasteiger partial charge in [-0.05, 0) is 30.7 Å². The normalized spacial score (nSPS) is 10.5. The van der Waals surface area contributed by atoms with Gasteiger partial charge in [-0.2, -0.15) is 9.78 Å². The van der Waals surface area contributed by atoms with E-state index < -0.39 is 11.5 Å². The molecule has 2 aromatic rings. The number of primary amides is 1. The zero-order chi connectivity index (χ0) is 14.2. The van der Waals surface area contributed by atoms with Crippen molar-refractivity contribution < 1.29 is 4.79 Å². The van der Waals surface area contributed by atoms with Crippen LogP contribution in [0.4, 0.5) is 0 Å². The Morgan fingerprint density at radius 2 is 2.00 bits per heavy atom. The van der Waals surface area contributed by atoms with Crippen molar-refractivity contribution in [2.75, 3.05) is 0 Å². The SMILES string of the molecule is Cc1cc(=O)n(-c2ccc(Cl)cc2Cl)nc1C(N)=O. The summed E-state index contributed by atoms with van der Waals surface area (Å²) in [6.45, 7) is 1.59. The lowest BCUT2D eigenvalue weighted by molar-refractivity contribution is 0.0993. The molecule has 1 aromatic carbocycles. The summed E-state index contributed by atoms with van der Waals surface area (Å²) < 4.78 is 1.02. The number of hydrogen-bond acceptors (Lipinski definition) is 3. The van der Waals surface area contributed by atoms with Crippen molar-refractivity contribution in [2.24, 2.45) is 5.73 Å². The highest BCUT2D eigenvalue weighted by Crippen LogP contribution is 2.23. The van der Waals surface area contributed by atoms with Gasteiger partial charge in [0.05, 0.1) is 10.7 Å². The summed E-state index contributed by atoms with van der Waals surface area (Å²) in [5.41, 5.74) is 5.56. The minimum Gasteiger partial charge on any atom is -0.364 e. The van der Waals surface area contributed by atoms with Gasteiger partial charge in [0, 0.05) is 11.1 Å². The van der Waals surface area contributed by atoms with Crippen LogP contribution in [0.25, 0.3) is 5.69 Å². The van der Waals surface area contributed by atoms with E-state index in [1.807, 2.05) is 0 Å². The van der Waals surface area contributed by atoms with Crippen LogP contribution in [-0.4, -0.2) is 15.7 Å². The molecule has 19 heavy (non-hydrogen) atoms. The molecule has 0 spiro atoms. The van der Waals surface area contributed by atoms with Crippen LogP contribution in [0, 0.1) is 6.92 Å². The molecule has 7 heteroatoms. The molecule has 0 saturated heterocycles. The van der Waals surface area contributed by atoms with Gasteiger partial charge in [-0.15, -0.1) is 0 Å². The minimum atomic E-state index is -0.712. The molecule has 1 heterocycles. The van der Waals surface area contributed by atoms with Crippen LogP contribution in [0.2, 0.25) is 10.0 Å². The second kappa shape index (κ2) is 5.03. The first kappa shape index (κ1) is 13.6. The van der Waals surface area contributed by atoms with E-state index in [0.717, 1.165) is 4.68 Å². The van der Waals surface area contributed by atoms with E-state index in [0.29, 0.717) is 16.3 Å². The molecule has 0 aliphatic carbocycles. The number of aryl methyl sites for hydroxylation is 1. The van der Waals surface area contributed by atoms with Gasteiger partial charge >= 0.3 is 0 Å². The summed E-state index contributed by atoms with van der Waals surface area (Å²) in [5, 5.41) is 4.62. The number of rotatable bonds is 2. The third kappa shape index (κ3) is 2.62. The van der Waals surface area contributed by atoms with Gasteiger partial charge in [-0.3, -0.25) is 9.59 Å². The number of hydrogen-bond donors (Lipinski definition) is 1. The molecule has 2 N–H and O–H groups in total. The molecule has 1 aromatic heterocycles. The van der Waals surface area contributed by atoms with Gasteiger partial charge in [-0.25, -0.2) is 0 Å². The predicted molar refractivity (Wildman–Crippen MR) is 73.1 cm³/mol. The third-order valence-corrected chi connectivity index (χ3v) is 3.03. The van der Waals surface area contributed by atoms with E-state index in [2.05, 4.69) is 5.10 Å². The molecule has 0 atom stereocenters. The largest absolute Gasteiger partial charge is 0.364 e. The zero-order valence-electron chi connectivity index (χ0n) is 9.85. The summed E-state index contributed by atoms with van der Waals surface area (Å²) in [4.78, 5) is 23.2. The maximum Gasteiger partial charge on any atom is 0.271 e.